The molecule has 2 aromatic carbocycles. The molecule has 0 aromatic heterocycles. The van der Waals surface area contributed by atoms with Gasteiger partial charge in [0, 0.05) is 6.92 Å². The van der Waals surface area contributed by atoms with Crippen LogP contribution in [0.2, 0.25) is 0 Å². The number of ketones is 2. The van der Waals surface area contributed by atoms with Gasteiger partial charge in [0.1, 0.15) is 5.75 Å². The summed E-state index contributed by atoms with van der Waals surface area (Å²) < 4.78 is 9.72. The van der Waals surface area contributed by atoms with Crippen molar-refractivity contribution in [1.82, 2.24) is 0 Å². The van der Waals surface area contributed by atoms with Gasteiger partial charge in [-0.05, 0) is 72.0 Å². The second-order valence-electron chi connectivity index (χ2n) is 7.39. The van der Waals surface area contributed by atoms with Gasteiger partial charge in [0.2, 0.25) is 0 Å². The van der Waals surface area contributed by atoms with E-state index in [0.29, 0.717) is 28.0 Å². The molecule has 1 unspecified atom stereocenters. The molecular formula is C26H26O7. The lowest BCUT2D eigenvalue weighted by Gasteiger charge is -2.09. The van der Waals surface area contributed by atoms with E-state index in [4.69, 9.17) is 4.74 Å². The van der Waals surface area contributed by atoms with Crippen LogP contribution in [0.1, 0.15) is 34.7 Å². The number of carbonyl (C=O) groups excluding carboxylic acids is 4. The number of hydrogen-bond donors (Lipinski definition) is 1. The summed E-state index contributed by atoms with van der Waals surface area (Å²) in [4.78, 5) is 48.6. The van der Waals surface area contributed by atoms with Crippen LogP contribution in [-0.2, 0) is 30.5 Å². The number of methoxy groups -OCH3 is 1. The number of benzene rings is 2. The van der Waals surface area contributed by atoms with Gasteiger partial charge in [-0.3, -0.25) is 19.2 Å². The minimum absolute atomic E-state index is 0.142. The smallest absolute Gasteiger partial charge is 0.324 e. The molecule has 0 aliphatic rings. The van der Waals surface area contributed by atoms with Crippen molar-refractivity contribution >= 4 is 35.7 Å². The van der Waals surface area contributed by atoms with Gasteiger partial charge in [-0.15, -0.1) is 0 Å². The van der Waals surface area contributed by atoms with Crippen molar-refractivity contribution in [2.24, 2.45) is 5.92 Å². The largest absolute Gasteiger partial charge is 0.468 e. The maximum Gasteiger partial charge on any atom is 0.324 e. The van der Waals surface area contributed by atoms with Crippen molar-refractivity contribution in [3.8, 4) is 5.75 Å². The first-order valence-electron chi connectivity index (χ1n) is 10.2. The van der Waals surface area contributed by atoms with Crippen LogP contribution in [0.3, 0.4) is 0 Å². The van der Waals surface area contributed by atoms with E-state index in [1.807, 2.05) is 6.92 Å². The first-order chi connectivity index (χ1) is 15.7. The maximum absolute atomic E-state index is 12.7. The van der Waals surface area contributed by atoms with Gasteiger partial charge in [-0.1, -0.05) is 30.4 Å². The Hall–Kier alpha value is -3.84. The highest BCUT2D eigenvalue weighted by molar-refractivity contribution is 6.24. The molecule has 0 aliphatic carbocycles. The van der Waals surface area contributed by atoms with Gasteiger partial charge in [0.15, 0.2) is 17.5 Å². The Kier molecular flexibility index (Phi) is 9.00. The van der Waals surface area contributed by atoms with Crippen molar-refractivity contribution in [2.75, 3.05) is 7.11 Å². The third-order valence-electron chi connectivity index (χ3n) is 4.88. The van der Waals surface area contributed by atoms with Crippen molar-refractivity contribution < 1.29 is 33.8 Å². The Morgan fingerprint density at radius 1 is 0.909 bits per heavy atom. The number of aliphatic hydroxyl groups excluding tert-OH is 1. The molecule has 1 N–H and O–H groups in total. The zero-order valence-corrected chi connectivity index (χ0v) is 19.0. The van der Waals surface area contributed by atoms with Crippen molar-refractivity contribution in [3.63, 3.8) is 0 Å². The van der Waals surface area contributed by atoms with E-state index in [2.05, 4.69) is 4.74 Å². The second kappa shape index (κ2) is 11.7. The van der Waals surface area contributed by atoms with Crippen LogP contribution < -0.4 is 4.74 Å². The van der Waals surface area contributed by atoms with Crippen molar-refractivity contribution in [1.29, 1.82) is 0 Å². The number of carbonyl (C=O) groups is 4. The minimum Gasteiger partial charge on any atom is -0.468 e. The highest BCUT2D eigenvalue weighted by Gasteiger charge is 2.31. The molecule has 0 heterocycles. The number of hydrogen-bond acceptors (Lipinski definition) is 7. The number of ether oxygens (including phenoxy) is 2. The topological polar surface area (TPSA) is 107 Å². The predicted octanol–water partition coefficient (Wildman–Crippen LogP) is 3.38. The summed E-state index contributed by atoms with van der Waals surface area (Å²) in [5.74, 6) is -4.07. The fourth-order valence-corrected chi connectivity index (χ4v) is 3.05. The summed E-state index contributed by atoms with van der Waals surface area (Å²) in [5.41, 5.74) is 3.57. The van der Waals surface area contributed by atoms with E-state index in [0.717, 1.165) is 24.8 Å². The summed E-state index contributed by atoms with van der Waals surface area (Å²) in [5, 5.41) is 9.38. The predicted molar refractivity (Wildman–Crippen MR) is 123 cm³/mol. The maximum atomic E-state index is 12.7. The van der Waals surface area contributed by atoms with E-state index in [1.54, 1.807) is 43.3 Å². The number of aryl methyl sites for hydroxylation is 2. The van der Waals surface area contributed by atoms with E-state index in [9.17, 15) is 24.3 Å². The molecule has 7 nitrogen and oxygen atoms in total. The molecule has 0 amide bonds. The molecule has 0 spiro atoms. The normalized spacial score (nSPS) is 12.0. The first-order valence-corrected chi connectivity index (χ1v) is 10.2. The van der Waals surface area contributed by atoms with Crippen LogP contribution in [0.5, 0.6) is 5.75 Å². The van der Waals surface area contributed by atoms with Crippen LogP contribution in [0.25, 0.3) is 12.2 Å². The summed E-state index contributed by atoms with van der Waals surface area (Å²) in [7, 11) is 1.11. The molecule has 0 bridgehead atoms. The Bertz CT molecular complexity index is 1130. The number of rotatable bonds is 9. The number of aliphatic hydroxyl groups is 1. The van der Waals surface area contributed by atoms with Crippen LogP contribution in [-0.4, -0.2) is 35.7 Å². The first kappa shape index (κ1) is 25.4. The molecule has 0 saturated heterocycles. The number of esters is 2. The highest BCUT2D eigenvalue weighted by Crippen LogP contribution is 2.20. The van der Waals surface area contributed by atoms with Crippen LogP contribution in [0, 0.1) is 19.8 Å². The van der Waals surface area contributed by atoms with Gasteiger partial charge in [-0.25, -0.2) is 0 Å². The molecule has 0 aliphatic heterocycles. The summed E-state index contributed by atoms with van der Waals surface area (Å²) in [6.45, 7) is 4.76. The lowest BCUT2D eigenvalue weighted by atomic mass is 9.96. The molecular weight excluding hydrogens is 424 g/mol. The molecule has 0 radical (unpaired) electrons. The molecule has 172 valence electrons. The van der Waals surface area contributed by atoms with Crippen molar-refractivity contribution in [3.05, 3.63) is 76.4 Å². The highest BCUT2D eigenvalue weighted by atomic mass is 16.5. The summed E-state index contributed by atoms with van der Waals surface area (Å²) >= 11 is 0. The molecule has 33 heavy (non-hydrogen) atoms. The SMILES string of the molecule is COC(=O)C(C(=O)/C=C/c1ccc(OC(C)=O)c(C)c1)C(=O)/C=C/c1ccc(C)c(CO)c1. The van der Waals surface area contributed by atoms with E-state index >= 15 is 0 Å². The van der Waals surface area contributed by atoms with Crippen LogP contribution in [0.4, 0.5) is 0 Å². The Balaban J connectivity index is 2.21. The Morgan fingerprint density at radius 3 is 2.00 bits per heavy atom. The molecule has 2 aromatic rings. The summed E-state index contributed by atoms with van der Waals surface area (Å²) in [6, 6.07) is 10.2. The Morgan fingerprint density at radius 2 is 1.48 bits per heavy atom. The monoisotopic (exact) mass is 450 g/mol. The van der Waals surface area contributed by atoms with Gasteiger partial charge in [-0.2, -0.15) is 0 Å². The minimum atomic E-state index is -1.63. The van der Waals surface area contributed by atoms with Gasteiger partial charge in [0.25, 0.3) is 0 Å². The quantitative estimate of drug-likeness (QED) is 0.270. The summed E-state index contributed by atoms with van der Waals surface area (Å²) in [6.07, 6.45) is 5.23. The number of allylic oxidation sites excluding steroid dienone is 2. The van der Waals surface area contributed by atoms with E-state index < -0.39 is 29.4 Å². The lowest BCUT2D eigenvalue weighted by molar-refractivity contribution is -0.150. The van der Waals surface area contributed by atoms with Crippen LogP contribution in [0.15, 0.2) is 48.6 Å². The van der Waals surface area contributed by atoms with Gasteiger partial charge in [0.05, 0.1) is 13.7 Å². The fourth-order valence-electron chi connectivity index (χ4n) is 3.05. The average Bonchev–Trinajstić information content (AvgIpc) is 2.78. The zero-order valence-electron chi connectivity index (χ0n) is 19.0. The average molecular weight is 450 g/mol. The molecule has 1 atom stereocenters. The third kappa shape index (κ3) is 7.08. The fraction of sp³-hybridized carbons (Fsp3) is 0.231. The van der Waals surface area contributed by atoms with Gasteiger partial charge >= 0.3 is 11.9 Å². The zero-order chi connectivity index (χ0) is 24.5. The van der Waals surface area contributed by atoms with E-state index in [1.165, 1.54) is 19.1 Å². The van der Waals surface area contributed by atoms with Gasteiger partial charge < -0.3 is 14.6 Å². The molecule has 0 saturated carbocycles. The molecule has 7 heteroatoms. The Labute approximate surface area is 192 Å². The lowest BCUT2D eigenvalue weighted by Crippen LogP contribution is -2.30. The van der Waals surface area contributed by atoms with E-state index in [-0.39, 0.29) is 6.61 Å². The third-order valence-corrected chi connectivity index (χ3v) is 4.88. The standard InChI is InChI=1S/C26H26O7/c1-16-5-6-20(14-21(16)15-27)8-11-23(30)25(26(31)32-4)22(29)10-7-19-9-12-24(17(2)13-19)33-18(3)28/h5-14,25,27H,15H2,1-4H3/b10-7+,11-8+. The van der Waals surface area contributed by atoms with Crippen LogP contribution >= 0.6 is 0 Å². The second-order valence-corrected chi connectivity index (χ2v) is 7.39. The molecule has 0 fully saturated rings. The molecule has 2 rings (SSSR count). The van der Waals surface area contributed by atoms with Crippen molar-refractivity contribution in [2.45, 2.75) is 27.4 Å².